The summed E-state index contributed by atoms with van der Waals surface area (Å²) in [6.45, 7) is 1.87. The first-order valence-corrected chi connectivity index (χ1v) is 10.8. The average molecular weight is 428 g/mol. The van der Waals surface area contributed by atoms with Crippen LogP contribution in [-0.4, -0.2) is 53.3 Å². The first-order chi connectivity index (χ1) is 14.6. The molecule has 1 atom stereocenters. The van der Waals surface area contributed by atoms with Gasteiger partial charge in [0.15, 0.2) is 0 Å². The second kappa shape index (κ2) is 9.04. The average Bonchev–Trinajstić information content (AvgIpc) is 3.29. The number of pyridine rings is 1. The van der Waals surface area contributed by atoms with Gasteiger partial charge in [0, 0.05) is 36.8 Å². The lowest BCUT2D eigenvalue weighted by molar-refractivity contribution is -0.138. The van der Waals surface area contributed by atoms with E-state index in [1.807, 2.05) is 23.1 Å². The number of benzene rings is 1. The van der Waals surface area contributed by atoms with E-state index in [2.05, 4.69) is 4.98 Å². The molecule has 6 nitrogen and oxygen atoms in total. The lowest BCUT2D eigenvalue weighted by atomic mass is 9.94. The van der Waals surface area contributed by atoms with E-state index in [1.54, 1.807) is 36.4 Å². The molecule has 0 radical (unpaired) electrons. The van der Waals surface area contributed by atoms with Crippen LogP contribution >= 0.6 is 11.6 Å². The Kier molecular flexibility index (Phi) is 6.23. The van der Waals surface area contributed by atoms with Crippen molar-refractivity contribution in [3.8, 4) is 5.75 Å². The van der Waals surface area contributed by atoms with Gasteiger partial charge in [-0.05, 0) is 56.0 Å². The molecule has 2 aromatic rings. The highest BCUT2D eigenvalue weighted by Crippen LogP contribution is 2.34. The van der Waals surface area contributed by atoms with Crippen LogP contribution in [0.25, 0.3) is 0 Å². The summed E-state index contributed by atoms with van der Waals surface area (Å²) in [7, 11) is 1.54. The summed E-state index contributed by atoms with van der Waals surface area (Å²) in [6.07, 6.45) is 5.07. The molecule has 0 spiro atoms. The summed E-state index contributed by atoms with van der Waals surface area (Å²) < 4.78 is 5.32. The van der Waals surface area contributed by atoms with E-state index in [-0.39, 0.29) is 23.8 Å². The Morgan fingerprint density at radius 1 is 1.10 bits per heavy atom. The molecule has 0 bridgehead atoms. The van der Waals surface area contributed by atoms with Crippen LogP contribution in [0.2, 0.25) is 5.02 Å². The number of methoxy groups -OCH3 is 1. The molecule has 1 aromatic carbocycles. The number of piperidine rings is 1. The molecule has 2 aliphatic rings. The van der Waals surface area contributed by atoms with Crippen molar-refractivity contribution < 1.29 is 14.3 Å². The smallest absolute Gasteiger partial charge is 0.257 e. The van der Waals surface area contributed by atoms with Crippen molar-refractivity contribution in [3.63, 3.8) is 0 Å². The number of amides is 2. The summed E-state index contributed by atoms with van der Waals surface area (Å²) in [5.41, 5.74) is 1.42. The molecule has 4 rings (SSSR count). The maximum absolute atomic E-state index is 13.2. The van der Waals surface area contributed by atoms with Crippen molar-refractivity contribution >= 4 is 23.4 Å². The van der Waals surface area contributed by atoms with Gasteiger partial charge in [0.05, 0.1) is 24.4 Å². The van der Waals surface area contributed by atoms with Crippen LogP contribution in [-0.2, 0) is 4.79 Å². The van der Waals surface area contributed by atoms with Crippen LogP contribution in [0.1, 0.15) is 47.8 Å². The Bertz CT molecular complexity index is 913. The van der Waals surface area contributed by atoms with Crippen molar-refractivity contribution in [2.75, 3.05) is 26.7 Å². The zero-order chi connectivity index (χ0) is 21.1. The Morgan fingerprint density at radius 3 is 2.60 bits per heavy atom. The largest absolute Gasteiger partial charge is 0.496 e. The molecule has 158 valence electrons. The van der Waals surface area contributed by atoms with Crippen LogP contribution in [0.4, 0.5) is 0 Å². The molecule has 0 aliphatic carbocycles. The molecule has 1 aromatic heterocycles. The number of likely N-dealkylation sites (tertiary alicyclic amines) is 2. The van der Waals surface area contributed by atoms with Gasteiger partial charge >= 0.3 is 0 Å². The molecule has 30 heavy (non-hydrogen) atoms. The number of hydrogen-bond donors (Lipinski definition) is 0. The second-order valence-electron chi connectivity index (χ2n) is 7.86. The van der Waals surface area contributed by atoms with E-state index in [1.165, 1.54) is 0 Å². The van der Waals surface area contributed by atoms with E-state index in [0.29, 0.717) is 42.3 Å². The predicted molar refractivity (Wildman–Crippen MR) is 115 cm³/mol. The van der Waals surface area contributed by atoms with Crippen LogP contribution in [0.5, 0.6) is 5.75 Å². The zero-order valence-corrected chi connectivity index (χ0v) is 17.8. The molecule has 2 aliphatic heterocycles. The highest BCUT2D eigenvalue weighted by Gasteiger charge is 2.36. The third-order valence-corrected chi connectivity index (χ3v) is 6.32. The molecular weight excluding hydrogens is 402 g/mol. The van der Waals surface area contributed by atoms with E-state index < -0.39 is 0 Å². The van der Waals surface area contributed by atoms with Gasteiger partial charge in [0.1, 0.15) is 5.75 Å². The Hall–Kier alpha value is -2.60. The second-order valence-corrected chi connectivity index (χ2v) is 8.29. The third-order valence-electron chi connectivity index (χ3n) is 6.09. The first kappa shape index (κ1) is 20.7. The van der Waals surface area contributed by atoms with Crippen molar-refractivity contribution in [2.24, 2.45) is 5.92 Å². The number of nitrogens with zero attached hydrogens (tertiary/aromatic N) is 3. The monoisotopic (exact) mass is 427 g/mol. The molecule has 7 heteroatoms. The van der Waals surface area contributed by atoms with Crippen molar-refractivity contribution in [1.29, 1.82) is 0 Å². The van der Waals surface area contributed by atoms with Crippen LogP contribution in [0, 0.1) is 5.92 Å². The molecule has 1 unspecified atom stereocenters. The van der Waals surface area contributed by atoms with Gasteiger partial charge in [-0.1, -0.05) is 17.7 Å². The Labute approximate surface area is 181 Å². The molecule has 0 N–H and O–H groups in total. The summed E-state index contributed by atoms with van der Waals surface area (Å²) in [4.78, 5) is 34.5. The molecule has 2 fully saturated rings. The van der Waals surface area contributed by atoms with Crippen molar-refractivity contribution in [2.45, 2.75) is 31.7 Å². The lowest BCUT2D eigenvalue weighted by Crippen LogP contribution is -2.44. The fourth-order valence-electron chi connectivity index (χ4n) is 4.49. The minimum Gasteiger partial charge on any atom is -0.496 e. The highest BCUT2D eigenvalue weighted by atomic mass is 35.5. The van der Waals surface area contributed by atoms with Gasteiger partial charge in [0.25, 0.3) is 5.91 Å². The van der Waals surface area contributed by atoms with E-state index in [0.717, 1.165) is 25.1 Å². The predicted octanol–water partition coefficient (Wildman–Crippen LogP) is 3.96. The van der Waals surface area contributed by atoms with Crippen LogP contribution < -0.4 is 4.74 Å². The number of ether oxygens (including phenoxy) is 1. The number of hydrogen-bond acceptors (Lipinski definition) is 4. The first-order valence-electron chi connectivity index (χ1n) is 10.4. The Morgan fingerprint density at radius 2 is 1.90 bits per heavy atom. The van der Waals surface area contributed by atoms with Gasteiger partial charge in [0.2, 0.25) is 5.91 Å². The number of carbonyl (C=O) groups is 2. The molecule has 0 saturated carbocycles. The normalized spacial score (nSPS) is 19.7. The van der Waals surface area contributed by atoms with Crippen LogP contribution in [0.3, 0.4) is 0 Å². The maximum Gasteiger partial charge on any atom is 0.257 e. The molecule has 2 amide bonds. The number of aromatic nitrogens is 1. The third kappa shape index (κ3) is 4.15. The number of carbonyl (C=O) groups excluding carboxylic acids is 2. The molecule has 3 heterocycles. The zero-order valence-electron chi connectivity index (χ0n) is 17.1. The maximum atomic E-state index is 13.2. The van der Waals surface area contributed by atoms with E-state index in [9.17, 15) is 9.59 Å². The minimum absolute atomic E-state index is 0.0559. The van der Waals surface area contributed by atoms with Gasteiger partial charge < -0.3 is 14.5 Å². The van der Waals surface area contributed by atoms with E-state index >= 15 is 0 Å². The van der Waals surface area contributed by atoms with Gasteiger partial charge in [-0.15, -0.1) is 0 Å². The van der Waals surface area contributed by atoms with Gasteiger partial charge in [-0.25, -0.2) is 0 Å². The summed E-state index contributed by atoms with van der Waals surface area (Å²) in [5, 5.41) is 0.499. The summed E-state index contributed by atoms with van der Waals surface area (Å²) >= 11 is 6.08. The molecule has 2 saturated heterocycles. The highest BCUT2D eigenvalue weighted by molar-refractivity contribution is 6.31. The van der Waals surface area contributed by atoms with Gasteiger partial charge in [-0.3, -0.25) is 14.6 Å². The number of halogens is 1. The quantitative estimate of drug-likeness (QED) is 0.740. The SMILES string of the molecule is COc1ccc(Cl)cc1C(=O)N1CCC(C(=O)N2CCCC2c2ccccn2)CC1. The fourth-order valence-corrected chi connectivity index (χ4v) is 4.66. The van der Waals surface area contributed by atoms with E-state index in [4.69, 9.17) is 16.3 Å². The lowest BCUT2D eigenvalue weighted by Gasteiger charge is -2.35. The Balaban J connectivity index is 1.40. The molecular formula is C23H26ClN3O3. The summed E-state index contributed by atoms with van der Waals surface area (Å²) in [5.74, 6) is 0.542. The van der Waals surface area contributed by atoms with Crippen molar-refractivity contribution in [3.05, 3.63) is 58.9 Å². The van der Waals surface area contributed by atoms with Gasteiger partial charge in [-0.2, -0.15) is 0 Å². The minimum atomic E-state index is -0.104. The summed E-state index contributed by atoms with van der Waals surface area (Å²) in [6, 6.07) is 11.0. The van der Waals surface area contributed by atoms with Crippen LogP contribution in [0.15, 0.2) is 42.6 Å². The number of rotatable bonds is 4. The topological polar surface area (TPSA) is 62.7 Å². The standard InChI is InChI=1S/C23H26ClN3O3/c1-30-21-8-7-17(24)15-18(21)23(29)26-13-9-16(10-14-26)22(28)27-12-4-6-20(27)19-5-2-3-11-25-19/h2-3,5,7-8,11,15-16,20H,4,6,9-10,12-14H2,1H3. The van der Waals surface area contributed by atoms with Crippen molar-refractivity contribution in [1.82, 2.24) is 14.8 Å². The fraction of sp³-hybridized carbons (Fsp3) is 0.435.